The van der Waals surface area contributed by atoms with E-state index in [4.69, 9.17) is 5.73 Å². The highest BCUT2D eigenvalue weighted by Gasteiger charge is 2.35. The number of rotatable bonds is 4. The summed E-state index contributed by atoms with van der Waals surface area (Å²) < 4.78 is 0. The molecule has 0 aliphatic heterocycles. The average Bonchev–Trinajstić information content (AvgIpc) is 2.38. The van der Waals surface area contributed by atoms with Gasteiger partial charge in [0.2, 0.25) is 5.91 Å². The van der Waals surface area contributed by atoms with E-state index in [0.29, 0.717) is 5.69 Å². The molecule has 0 atom stereocenters. The number of aromatic nitrogens is 2. The minimum Gasteiger partial charge on any atom is -0.370 e. The van der Waals surface area contributed by atoms with Crippen LogP contribution in [0.5, 0.6) is 0 Å². The minimum atomic E-state index is -0.514. The van der Waals surface area contributed by atoms with Crippen LogP contribution in [0.3, 0.4) is 0 Å². The standard InChI is InChI=1S/C14H20N4O2/c1-10-7-11(17-9-16-10)13(20)18-14(8-12(15)19)5-3-2-4-6-14/h7,9H,2-6,8H2,1H3,(H2,15,19)(H,18,20). The van der Waals surface area contributed by atoms with Crippen molar-refractivity contribution in [3.63, 3.8) is 0 Å². The van der Waals surface area contributed by atoms with Gasteiger partial charge in [0.05, 0.1) is 0 Å². The van der Waals surface area contributed by atoms with Crippen LogP contribution in [0.25, 0.3) is 0 Å². The molecule has 2 amide bonds. The molecule has 0 radical (unpaired) electrons. The van der Waals surface area contributed by atoms with E-state index in [9.17, 15) is 9.59 Å². The van der Waals surface area contributed by atoms with Gasteiger partial charge in [0.15, 0.2) is 0 Å². The maximum atomic E-state index is 12.3. The van der Waals surface area contributed by atoms with Gasteiger partial charge in [-0.3, -0.25) is 9.59 Å². The molecule has 0 bridgehead atoms. The number of nitrogens with zero attached hydrogens (tertiary/aromatic N) is 2. The second-order valence-corrected chi connectivity index (χ2v) is 5.48. The summed E-state index contributed by atoms with van der Waals surface area (Å²) in [6, 6.07) is 1.64. The maximum absolute atomic E-state index is 12.3. The fourth-order valence-corrected chi connectivity index (χ4v) is 2.79. The van der Waals surface area contributed by atoms with Crippen LogP contribution < -0.4 is 11.1 Å². The first-order chi connectivity index (χ1) is 9.51. The molecule has 3 N–H and O–H groups in total. The minimum absolute atomic E-state index is 0.183. The molecule has 1 aromatic heterocycles. The summed E-state index contributed by atoms with van der Waals surface area (Å²) in [6.07, 6.45) is 6.24. The largest absolute Gasteiger partial charge is 0.370 e. The Balaban J connectivity index is 2.15. The quantitative estimate of drug-likeness (QED) is 0.860. The van der Waals surface area contributed by atoms with Crippen molar-refractivity contribution in [2.45, 2.75) is 51.0 Å². The van der Waals surface area contributed by atoms with Crippen molar-refractivity contribution in [1.82, 2.24) is 15.3 Å². The smallest absolute Gasteiger partial charge is 0.270 e. The van der Waals surface area contributed by atoms with Crippen molar-refractivity contribution in [3.8, 4) is 0 Å². The third-order valence-corrected chi connectivity index (χ3v) is 3.74. The van der Waals surface area contributed by atoms with Crippen LogP contribution in [0.4, 0.5) is 0 Å². The monoisotopic (exact) mass is 276 g/mol. The summed E-state index contributed by atoms with van der Waals surface area (Å²) in [5.74, 6) is -0.648. The molecular weight excluding hydrogens is 256 g/mol. The lowest BCUT2D eigenvalue weighted by molar-refractivity contribution is -0.119. The second kappa shape index (κ2) is 5.98. The Kier molecular flexibility index (Phi) is 4.32. The average molecular weight is 276 g/mol. The number of carbonyl (C=O) groups is 2. The SMILES string of the molecule is Cc1cc(C(=O)NC2(CC(N)=O)CCCCC2)ncn1. The molecule has 0 aromatic carbocycles. The number of amides is 2. The van der Waals surface area contributed by atoms with Gasteiger partial charge >= 0.3 is 0 Å². The molecule has 1 aliphatic rings. The predicted octanol–water partition coefficient (Wildman–Crippen LogP) is 1.09. The molecule has 6 nitrogen and oxygen atoms in total. The number of primary amides is 1. The number of aryl methyl sites for hydroxylation is 1. The van der Waals surface area contributed by atoms with Crippen LogP contribution in [-0.2, 0) is 4.79 Å². The first-order valence-electron chi connectivity index (χ1n) is 6.90. The van der Waals surface area contributed by atoms with Crippen molar-refractivity contribution in [1.29, 1.82) is 0 Å². The van der Waals surface area contributed by atoms with Crippen molar-refractivity contribution in [2.24, 2.45) is 5.73 Å². The van der Waals surface area contributed by atoms with Gasteiger partial charge in [-0.25, -0.2) is 9.97 Å². The van der Waals surface area contributed by atoms with Crippen LogP contribution in [0, 0.1) is 6.92 Å². The van der Waals surface area contributed by atoms with Crippen LogP contribution in [0.1, 0.15) is 54.7 Å². The highest BCUT2D eigenvalue weighted by atomic mass is 16.2. The highest BCUT2D eigenvalue weighted by molar-refractivity contribution is 5.93. The summed E-state index contributed by atoms with van der Waals surface area (Å²) in [7, 11) is 0. The third kappa shape index (κ3) is 3.53. The van der Waals surface area contributed by atoms with E-state index in [-0.39, 0.29) is 18.2 Å². The van der Waals surface area contributed by atoms with Crippen LogP contribution >= 0.6 is 0 Å². The van der Waals surface area contributed by atoms with Crippen molar-refractivity contribution in [3.05, 3.63) is 23.8 Å². The van der Waals surface area contributed by atoms with Gasteiger partial charge in [0, 0.05) is 17.7 Å². The Morgan fingerprint density at radius 3 is 2.60 bits per heavy atom. The van der Waals surface area contributed by atoms with E-state index in [1.807, 2.05) is 0 Å². The van der Waals surface area contributed by atoms with Gasteiger partial charge < -0.3 is 11.1 Å². The van der Waals surface area contributed by atoms with Gasteiger partial charge in [-0.05, 0) is 25.8 Å². The molecule has 0 unspecified atom stereocenters. The number of nitrogens with one attached hydrogen (secondary N) is 1. The topological polar surface area (TPSA) is 98.0 Å². The third-order valence-electron chi connectivity index (χ3n) is 3.74. The fourth-order valence-electron chi connectivity index (χ4n) is 2.79. The lowest BCUT2D eigenvalue weighted by Crippen LogP contribution is -2.52. The summed E-state index contributed by atoms with van der Waals surface area (Å²) in [4.78, 5) is 31.5. The summed E-state index contributed by atoms with van der Waals surface area (Å²) in [5, 5.41) is 2.98. The van der Waals surface area contributed by atoms with Crippen LogP contribution in [-0.4, -0.2) is 27.3 Å². The van der Waals surface area contributed by atoms with E-state index < -0.39 is 5.54 Å². The van der Waals surface area contributed by atoms with Crippen molar-refractivity contribution >= 4 is 11.8 Å². The van der Waals surface area contributed by atoms with Crippen LogP contribution in [0.15, 0.2) is 12.4 Å². The van der Waals surface area contributed by atoms with Gasteiger partial charge in [-0.15, -0.1) is 0 Å². The first-order valence-corrected chi connectivity index (χ1v) is 6.90. The van der Waals surface area contributed by atoms with E-state index in [0.717, 1.165) is 37.8 Å². The van der Waals surface area contributed by atoms with Gasteiger partial charge in [0.25, 0.3) is 5.91 Å². The molecule has 1 aliphatic carbocycles. The fraction of sp³-hybridized carbons (Fsp3) is 0.571. The molecule has 6 heteroatoms. The molecule has 0 spiro atoms. The zero-order valence-electron chi connectivity index (χ0n) is 11.7. The lowest BCUT2D eigenvalue weighted by atomic mass is 9.79. The number of hydrogen-bond donors (Lipinski definition) is 2. The number of carbonyl (C=O) groups excluding carboxylic acids is 2. The zero-order chi connectivity index (χ0) is 14.6. The molecule has 1 heterocycles. The second-order valence-electron chi connectivity index (χ2n) is 5.48. The van der Waals surface area contributed by atoms with Crippen LogP contribution in [0.2, 0.25) is 0 Å². The molecule has 1 saturated carbocycles. The van der Waals surface area contributed by atoms with Crippen molar-refractivity contribution < 1.29 is 9.59 Å². The van der Waals surface area contributed by atoms with Gasteiger partial charge in [-0.2, -0.15) is 0 Å². The Morgan fingerprint density at radius 1 is 1.30 bits per heavy atom. The summed E-state index contributed by atoms with van der Waals surface area (Å²) in [6.45, 7) is 1.80. The lowest BCUT2D eigenvalue weighted by Gasteiger charge is -2.37. The Hall–Kier alpha value is -1.98. The maximum Gasteiger partial charge on any atom is 0.270 e. The molecule has 108 valence electrons. The van der Waals surface area contributed by atoms with E-state index >= 15 is 0 Å². The normalized spacial score (nSPS) is 17.4. The Bertz CT molecular complexity index is 510. The zero-order valence-corrected chi connectivity index (χ0v) is 11.7. The van der Waals surface area contributed by atoms with Gasteiger partial charge in [0.1, 0.15) is 12.0 Å². The Morgan fingerprint density at radius 2 is 2.00 bits per heavy atom. The predicted molar refractivity (Wildman–Crippen MR) is 73.9 cm³/mol. The molecule has 1 fully saturated rings. The van der Waals surface area contributed by atoms with Crippen molar-refractivity contribution in [2.75, 3.05) is 0 Å². The first kappa shape index (κ1) is 14.4. The van der Waals surface area contributed by atoms with Gasteiger partial charge in [-0.1, -0.05) is 19.3 Å². The molecule has 0 saturated heterocycles. The Labute approximate surface area is 118 Å². The molecule has 2 rings (SSSR count). The van der Waals surface area contributed by atoms with E-state index in [2.05, 4.69) is 15.3 Å². The number of nitrogens with two attached hydrogens (primary N) is 1. The molecule has 1 aromatic rings. The summed E-state index contributed by atoms with van der Waals surface area (Å²) in [5.41, 5.74) is 5.88. The molecule has 20 heavy (non-hydrogen) atoms. The van der Waals surface area contributed by atoms with E-state index in [1.165, 1.54) is 6.33 Å². The highest BCUT2D eigenvalue weighted by Crippen LogP contribution is 2.31. The molecular formula is C14H20N4O2. The summed E-state index contributed by atoms with van der Waals surface area (Å²) >= 11 is 0. The number of hydrogen-bond acceptors (Lipinski definition) is 4. The van der Waals surface area contributed by atoms with E-state index in [1.54, 1.807) is 13.0 Å².